The molecule has 0 bridgehead atoms. The van der Waals surface area contributed by atoms with Crippen LogP contribution in [0.3, 0.4) is 0 Å². The van der Waals surface area contributed by atoms with Crippen molar-refractivity contribution in [1.82, 2.24) is 0 Å². The van der Waals surface area contributed by atoms with Crippen molar-refractivity contribution in [1.29, 1.82) is 0 Å². The van der Waals surface area contributed by atoms with Crippen LogP contribution in [0.1, 0.15) is 259 Å². The number of hydrogen-bond donors (Lipinski definition) is 3. The molecule has 0 aliphatic carbocycles. The topological polar surface area (TPSA) is 237 Å². The van der Waals surface area contributed by atoms with E-state index in [2.05, 4.69) is 204 Å². The highest BCUT2D eigenvalue weighted by Gasteiger charge is 2.30. The maximum atomic E-state index is 13.1. The maximum absolute atomic E-state index is 13.1. The molecule has 3 N–H and O–H groups in total. The van der Waals surface area contributed by atoms with Gasteiger partial charge in [0.25, 0.3) is 0 Å². The zero-order valence-electron chi connectivity index (χ0n) is 66.2. The van der Waals surface area contributed by atoms with Gasteiger partial charge < -0.3 is 33.8 Å². The van der Waals surface area contributed by atoms with Crippen molar-refractivity contribution < 1.29 is 80.2 Å². The van der Waals surface area contributed by atoms with Gasteiger partial charge >= 0.3 is 39.5 Å². The van der Waals surface area contributed by atoms with Gasteiger partial charge in [-0.25, -0.2) is 9.13 Å². The summed E-state index contributed by atoms with van der Waals surface area (Å²) in [4.78, 5) is 73.0. The standard InChI is InChI=1S/C89H138O17P2/c1-5-9-13-17-21-25-29-33-37-39-41-43-47-49-53-57-61-65-69-73-86(91)99-79-84(105-88(93)75-71-67-63-59-55-51-45-35-31-27-23-19-15-11-7-3)81-103-107(95,96)101-77-83(90)78-102-108(97,98)104-82-85(106-89(94)76-72-68-64-60-56-52-46-36-32-28-24-20-16-12-8-4)80-100-87(92)74-70-66-62-58-54-50-48-44-42-40-38-34-30-26-22-18-14-10-6-2/h9,11-13,15-16,21-28,33-38,41-46,49,53,55-56,59-61,65,67,71,83-85,90H,5-8,10,14,17-20,29-32,39-40,47-48,50-52,54,57-58,62-64,66,68-70,72-82H2,1-4H3,(H,95,96)(H,97,98)/b13-9-,15-11-,16-12-,25-21-,26-22-,27-23-,28-24-,37-33-,38-34-,43-41-,44-42-,45-35-,46-36-,53-49-,59-55-,60-56-,65-61-,71-67-. The lowest BCUT2D eigenvalue weighted by Crippen LogP contribution is -2.30. The fourth-order valence-electron chi connectivity index (χ4n) is 9.49. The number of phosphoric ester groups is 2. The molecule has 0 saturated carbocycles. The van der Waals surface area contributed by atoms with Gasteiger partial charge in [0.05, 0.1) is 32.8 Å². The maximum Gasteiger partial charge on any atom is 0.472 e. The zero-order valence-corrected chi connectivity index (χ0v) is 68.0. The largest absolute Gasteiger partial charge is 0.472 e. The van der Waals surface area contributed by atoms with E-state index in [0.29, 0.717) is 38.5 Å². The van der Waals surface area contributed by atoms with Crippen LogP contribution in [0.5, 0.6) is 0 Å². The van der Waals surface area contributed by atoms with Crippen LogP contribution < -0.4 is 0 Å². The minimum atomic E-state index is -5.04. The van der Waals surface area contributed by atoms with E-state index in [1.54, 1.807) is 12.2 Å². The Hall–Kier alpha value is -6.62. The van der Waals surface area contributed by atoms with Crippen molar-refractivity contribution in [2.45, 2.75) is 277 Å². The zero-order chi connectivity index (χ0) is 78.9. The second-order valence-electron chi connectivity index (χ2n) is 25.5. The van der Waals surface area contributed by atoms with Gasteiger partial charge in [0.15, 0.2) is 12.2 Å². The molecule has 0 rings (SSSR count). The second-order valence-corrected chi connectivity index (χ2v) is 28.4. The third-order valence-electron chi connectivity index (χ3n) is 15.5. The number of aliphatic hydroxyl groups is 1. The molecule has 0 fully saturated rings. The lowest BCUT2D eigenvalue weighted by molar-refractivity contribution is -0.161. The molecule has 0 spiro atoms. The first-order valence-electron chi connectivity index (χ1n) is 40.0. The summed E-state index contributed by atoms with van der Waals surface area (Å²) in [5.74, 6) is -2.51. The van der Waals surface area contributed by atoms with Gasteiger partial charge in [0.2, 0.25) is 0 Å². The molecule has 0 radical (unpaired) electrons. The van der Waals surface area contributed by atoms with Gasteiger partial charge in [-0.1, -0.05) is 285 Å². The summed E-state index contributed by atoms with van der Waals surface area (Å²) in [7, 11) is -10.1. The fraction of sp³-hybridized carbons (Fsp3) is 0.551. The monoisotopic (exact) mass is 1540 g/mol. The van der Waals surface area contributed by atoms with Gasteiger partial charge in [-0.15, -0.1) is 0 Å². The molecule has 0 saturated heterocycles. The molecule has 0 aromatic carbocycles. The van der Waals surface area contributed by atoms with E-state index in [1.807, 2.05) is 30.4 Å². The Morgan fingerprint density at radius 3 is 0.898 bits per heavy atom. The van der Waals surface area contributed by atoms with E-state index >= 15 is 0 Å². The highest BCUT2D eigenvalue weighted by atomic mass is 31.2. The molecule has 108 heavy (non-hydrogen) atoms. The lowest BCUT2D eigenvalue weighted by Gasteiger charge is -2.21. The fourth-order valence-corrected chi connectivity index (χ4v) is 11.1. The molecule has 5 unspecified atom stereocenters. The number of allylic oxidation sites excluding steroid dienone is 35. The van der Waals surface area contributed by atoms with Crippen molar-refractivity contribution in [3.05, 3.63) is 219 Å². The number of rotatable bonds is 72. The Morgan fingerprint density at radius 1 is 0.278 bits per heavy atom. The van der Waals surface area contributed by atoms with E-state index in [9.17, 15) is 43.2 Å². The van der Waals surface area contributed by atoms with Crippen LogP contribution in [0.15, 0.2) is 219 Å². The highest BCUT2D eigenvalue weighted by Crippen LogP contribution is 2.45. The van der Waals surface area contributed by atoms with E-state index < -0.39 is 97.5 Å². The Morgan fingerprint density at radius 2 is 0.537 bits per heavy atom. The summed E-state index contributed by atoms with van der Waals surface area (Å²) in [6.45, 7) is 4.19. The molecule has 606 valence electrons. The Balaban J connectivity index is 5.56. The summed E-state index contributed by atoms with van der Waals surface area (Å²) in [6.07, 6.45) is 99.7. The van der Waals surface area contributed by atoms with Crippen LogP contribution in [0.2, 0.25) is 0 Å². The second kappa shape index (κ2) is 78.5. The molecule has 0 aromatic rings. The first kappa shape index (κ1) is 101. The number of hydrogen-bond acceptors (Lipinski definition) is 15. The summed E-state index contributed by atoms with van der Waals surface area (Å²) in [5.41, 5.74) is 0. The molecule has 17 nitrogen and oxygen atoms in total. The number of unbranched alkanes of at least 4 members (excludes halogenated alkanes) is 11. The highest BCUT2D eigenvalue weighted by molar-refractivity contribution is 7.47. The van der Waals surface area contributed by atoms with Crippen LogP contribution in [0.25, 0.3) is 0 Å². The number of phosphoric acid groups is 2. The van der Waals surface area contributed by atoms with Crippen LogP contribution in [0, 0.1) is 0 Å². The number of carbonyl (C=O) groups excluding carboxylic acids is 4. The summed E-state index contributed by atoms with van der Waals surface area (Å²) in [5, 5.41) is 10.6. The SMILES string of the molecule is CC/C=C\C/C=C\C/C=C\C/C=C\C/C=C\C/C=C\CCC(=O)OCC(COP(=O)(O)OCC(O)COP(=O)(O)OCC(COC(=O)CCCCCCCC/C=C\C/C=C\C/C=C\CCCCC)OC(=O)CCCC/C=C\C/C=C\C/C=C\C/C=C\CC)OC(=O)C/C=C\C/C=C\C/C=C\C/C=C\C/C=C\CC. The Bertz CT molecular complexity index is 2910. The average Bonchev–Trinajstić information content (AvgIpc) is 0.923. The van der Waals surface area contributed by atoms with Gasteiger partial charge in [-0.3, -0.25) is 37.3 Å². The molecule has 0 aliphatic heterocycles. The van der Waals surface area contributed by atoms with Crippen molar-refractivity contribution >= 4 is 39.5 Å². The van der Waals surface area contributed by atoms with E-state index in [0.717, 1.165) is 148 Å². The Labute approximate surface area is 651 Å². The number of esters is 4. The van der Waals surface area contributed by atoms with Gasteiger partial charge in [-0.2, -0.15) is 0 Å². The number of carbonyl (C=O) groups is 4. The minimum Gasteiger partial charge on any atom is -0.462 e. The molecule has 0 heterocycles. The van der Waals surface area contributed by atoms with Crippen LogP contribution >= 0.6 is 15.6 Å². The summed E-state index contributed by atoms with van der Waals surface area (Å²) in [6, 6.07) is 0. The quantitative estimate of drug-likeness (QED) is 0.0169. The first-order chi connectivity index (χ1) is 52.7. The van der Waals surface area contributed by atoms with Crippen molar-refractivity contribution in [3.8, 4) is 0 Å². The van der Waals surface area contributed by atoms with Crippen molar-refractivity contribution in [2.24, 2.45) is 0 Å². The normalized spacial score (nSPS) is 15.0. The van der Waals surface area contributed by atoms with Crippen LogP contribution in [-0.4, -0.2) is 96.7 Å². The molecule has 0 aliphatic rings. The Kier molecular flexibility index (Phi) is 73.7. The number of aliphatic hydroxyl groups excluding tert-OH is 1. The lowest BCUT2D eigenvalue weighted by atomic mass is 10.1. The van der Waals surface area contributed by atoms with Crippen LogP contribution in [-0.2, 0) is 65.4 Å². The predicted molar refractivity (Wildman–Crippen MR) is 445 cm³/mol. The molecule has 0 amide bonds. The van der Waals surface area contributed by atoms with Gasteiger partial charge in [-0.05, 0) is 167 Å². The average molecular weight is 1540 g/mol. The van der Waals surface area contributed by atoms with Gasteiger partial charge in [0, 0.05) is 19.3 Å². The smallest absolute Gasteiger partial charge is 0.462 e. The summed E-state index contributed by atoms with van der Waals surface area (Å²) < 4.78 is 68.3. The first-order valence-corrected chi connectivity index (χ1v) is 43.0. The molecule has 19 heteroatoms. The minimum absolute atomic E-state index is 0.00591. The summed E-state index contributed by atoms with van der Waals surface area (Å²) >= 11 is 0. The molecule has 5 atom stereocenters. The predicted octanol–water partition coefficient (Wildman–Crippen LogP) is 23.7. The van der Waals surface area contributed by atoms with E-state index in [4.69, 9.17) is 37.0 Å². The third kappa shape index (κ3) is 77.5. The van der Waals surface area contributed by atoms with Crippen molar-refractivity contribution in [2.75, 3.05) is 39.6 Å². The van der Waals surface area contributed by atoms with E-state index in [-0.39, 0.29) is 25.7 Å². The van der Waals surface area contributed by atoms with Gasteiger partial charge in [0.1, 0.15) is 19.3 Å². The van der Waals surface area contributed by atoms with Crippen LogP contribution in [0.4, 0.5) is 0 Å². The number of ether oxygens (including phenoxy) is 4. The molecule has 0 aromatic heterocycles. The molecular weight excluding hydrogens is 1400 g/mol. The van der Waals surface area contributed by atoms with E-state index in [1.165, 1.54) is 19.3 Å². The van der Waals surface area contributed by atoms with Crippen molar-refractivity contribution in [3.63, 3.8) is 0 Å². The third-order valence-corrected chi connectivity index (χ3v) is 17.4. The molecular formula is C89H138O17P2.